The second kappa shape index (κ2) is 10.5. The van der Waals surface area contributed by atoms with Gasteiger partial charge < -0.3 is 23.6 Å². The number of rotatable bonds is 8. The van der Waals surface area contributed by atoms with Gasteiger partial charge in [0.2, 0.25) is 0 Å². The van der Waals surface area contributed by atoms with Crippen LogP contribution in [0.1, 0.15) is 10.4 Å². The number of H-pyrrole nitrogens is 1. The Hall–Kier alpha value is -3.80. The van der Waals surface area contributed by atoms with Crippen LogP contribution in [0.4, 0.5) is 4.39 Å². The summed E-state index contributed by atoms with van der Waals surface area (Å²) in [6, 6.07) is 12.4. The number of aromatic nitrogens is 3. The van der Waals surface area contributed by atoms with Gasteiger partial charge in [-0.15, -0.1) is 0 Å². The quantitative estimate of drug-likeness (QED) is 0.353. The molecule has 0 radical (unpaired) electrons. The molecule has 2 aromatic heterocycles. The van der Waals surface area contributed by atoms with Crippen molar-refractivity contribution in [2.75, 3.05) is 59.7 Å². The number of nitrogens with zero attached hydrogens (tertiary/aromatic N) is 4. The van der Waals surface area contributed by atoms with Gasteiger partial charge in [-0.2, -0.15) is 5.10 Å². The predicted octanol–water partition coefficient (Wildman–Crippen LogP) is 3.21. The lowest BCUT2D eigenvalue weighted by atomic mass is 10.0. The molecule has 0 aliphatic carbocycles. The van der Waals surface area contributed by atoms with Crippen LogP contribution < -0.4 is 4.74 Å². The molecule has 2 aliphatic rings. The smallest absolute Gasteiger partial charge is 0.253 e. The van der Waals surface area contributed by atoms with E-state index in [9.17, 15) is 9.18 Å². The summed E-state index contributed by atoms with van der Waals surface area (Å²) in [4.78, 5) is 17.2. The molecule has 0 unspecified atom stereocenters. The van der Waals surface area contributed by atoms with Crippen LogP contribution >= 0.6 is 0 Å². The Morgan fingerprint density at radius 2 is 1.92 bits per heavy atom. The lowest BCUT2D eigenvalue weighted by molar-refractivity contribution is -0.0256. The largest absolute Gasteiger partial charge is 0.488 e. The third-order valence-corrected chi connectivity index (χ3v) is 7.04. The number of ether oxygens (including phenoxy) is 3. The van der Waals surface area contributed by atoms with E-state index in [4.69, 9.17) is 18.7 Å². The molecule has 2 aromatic carbocycles. The number of benzene rings is 2. The number of morpholine rings is 1. The molecule has 2 fully saturated rings. The topological polar surface area (TPSA) is 106 Å². The molecule has 0 atom stereocenters. The van der Waals surface area contributed by atoms with E-state index in [1.807, 2.05) is 17.0 Å². The van der Waals surface area contributed by atoms with Gasteiger partial charge in [0.15, 0.2) is 17.3 Å². The van der Waals surface area contributed by atoms with Gasteiger partial charge in [-0.1, -0.05) is 17.3 Å². The molecule has 2 aliphatic heterocycles. The summed E-state index contributed by atoms with van der Waals surface area (Å²) >= 11 is 0. The van der Waals surface area contributed by atoms with Crippen LogP contribution in [-0.2, 0) is 9.47 Å². The Balaban J connectivity index is 1.13. The van der Waals surface area contributed by atoms with Crippen LogP contribution in [0.5, 0.6) is 5.75 Å². The van der Waals surface area contributed by atoms with E-state index in [2.05, 4.69) is 20.3 Å². The van der Waals surface area contributed by atoms with Gasteiger partial charge in [0.25, 0.3) is 5.91 Å². The van der Waals surface area contributed by atoms with E-state index < -0.39 is 5.82 Å². The van der Waals surface area contributed by atoms with E-state index in [0.29, 0.717) is 46.3 Å². The molecule has 4 heterocycles. The lowest BCUT2D eigenvalue weighted by Crippen LogP contribution is -2.62. The highest BCUT2D eigenvalue weighted by molar-refractivity contribution is 5.95. The Morgan fingerprint density at radius 1 is 1.13 bits per heavy atom. The van der Waals surface area contributed by atoms with E-state index >= 15 is 0 Å². The van der Waals surface area contributed by atoms with Gasteiger partial charge in [-0.05, 0) is 18.2 Å². The number of carbonyl (C=O) groups is 1. The third-order valence-electron chi connectivity index (χ3n) is 7.04. The van der Waals surface area contributed by atoms with E-state index in [1.54, 1.807) is 31.4 Å². The number of amides is 1. The van der Waals surface area contributed by atoms with E-state index in [-0.39, 0.29) is 18.3 Å². The molecule has 6 rings (SSSR count). The molecule has 0 bridgehead atoms. The zero-order valence-corrected chi connectivity index (χ0v) is 21.0. The summed E-state index contributed by atoms with van der Waals surface area (Å²) in [5.74, 6) is 0.0354. The van der Waals surface area contributed by atoms with Crippen molar-refractivity contribution >= 4 is 16.8 Å². The van der Waals surface area contributed by atoms with Gasteiger partial charge in [-0.25, -0.2) is 4.39 Å². The molecule has 38 heavy (non-hydrogen) atoms. The number of aromatic amines is 1. The molecule has 0 spiro atoms. The van der Waals surface area contributed by atoms with Gasteiger partial charge in [-0.3, -0.25) is 14.8 Å². The van der Waals surface area contributed by atoms with Crippen LogP contribution in [0.25, 0.3) is 33.6 Å². The highest BCUT2D eigenvalue weighted by atomic mass is 19.1. The fourth-order valence-electron chi connectivity index (χ4n) is 4.84. The van der Waals surface area contributed by atoms with Crippen molar-refractivity contribution in [3.05, 3.63) is 53.8 Å². The maximum Gasteiger partial charge on any atom is 0.253 e. The summed E-state index contributed by atoms with van der Waals surface area (Å²) < 4.78 is 35.9. The first kappa shape index (κ1) is 24.5. The second-order valence-electron chi connectivity index (χ2n) is 9.41. The standard InChI is InChI=1S/C27H28FN5O5/c1-35-10-11-37-24-14-23-20(12-21(24)28)26(30-29-23)25-13-22(31-38-25)17-2-4-18(5-3-17)27(34)33-15-19(16-33)32-6-8-36-9-7-32/h2-5,12-14,19H,6-11,15-16H2,1H3,(H,29,30). The normalized spacial score (nSPS) is 16.6. The highest BCUT2D eigenvalue weighted by Crippen LogP contribution is 2.33. The van der Waals surface area contributed by atoms with Crippen LogP contribution in [0.2, 0.25) is 0 Å². The van der Waals surface area contributed by atoms with Crippen molar-refractivity contribution in [1.29, 1.82) is 0 Å². The molecule has 4 aromatic rings. The van der Waals surface area contributed by atoms with Gasteiger partial charge in [0.1, 0.15) is 18.0 Å². The van der Waals surface area contributed by atoms with Crippen molar-refractivity contribution in [2.24, 2.45) is 0 Å². The number of nitrogens with one attached hydrogen (secondary N) is 1. The zero-order valence-electron chi connectivity index (χ0n) is 21.0. The second-order valence-corrected chi connectivity index (χ2v) is 9.41. The maximum absolute atomic E-state index is 14.6. The summed E-state index contributed by atoms with van der Waals surface area (Å²) in [5.41, 5.74) is 3.07. The molecule has 0 saturated carbocycles. The lowest BCUT2D eigenvalue weighted by Gasteiger charge is -2.46. The van der Waals surface area contributed by atoms with Crippen LogP contribution in [0, 0.1) is 5.82 Å². The van der Waals surface area contributed by atoms with Gasteiger partial charge >= 0.3 is 0 Å². The Labute approximate surface area is 218 Å². The SMILES string of the molecule is COCCOc1cc2[nH]nc(-c3cc(-c4ccc(C(=O)N5CC(N6CCOCC6)C5)cc4)no3)c2cc1F. The first-order chi connectivity index (χ1) is 18.6. The Morgan fingerprint density at radius 3 is 2.68 bits per heavy atom. The summed E-state index contributed by atoms with van der Waals surface area (Å²) in [7, 11) is 1.55. The Kier molecular flexibility index (Phi) is 6.79. The molecule has 1 amide bonds. The molecule has 11 heteroatoms. The van der Waals surface area contributed by atoms with Gasteiger partial charge in [0.05, 0.1) is 25.3 Å². The number of fused-ring (bicyclic) bond motifs is 1. The third kappa shape index (κ3) is 4.75. The monoisotopic (exact) mass is 521 g/mol. The first-order valence-electron chi connectivity index (χ1n) is 12.6. The molecule has 2 saturated heterocycles. The summed E-state index contributed by atoms with van der Waals surface area (Å²) in [5, 5.41) is 11.9. The van der Waals surface area contributed by atoms with E-state index in [0.717, 1.165) is 45.0 Å². The van der Waals surface area contributed by atoms with E-state index in [1.165, 1.54) is 6.07 Å². The summed E-state index contributed by atoms with van der Waals surface area (Å²) in [6.45, 7) is 5.45. The molecule has 10 nitrogen and oxygen atoms in total. The van der Waals surface area contributed by atoms with Crippen molar-refractivity contribution < 1.29 is 27.9 Å². The summed E-state index contributed by atoms with van der Waals surface area (Å²) in [6.07, 6.45) is 0. The van der Waals surface area contributed by atoms with Gasteiger partial charge in [0, 0.05) is 68.0 Å². The fourth-order valence-corrected chi connectivity index (χ4v) is 4.84. The van der Waals surface area contributed by atoms with Crippen molar-refractivity contribution in [1.82, 2.24) is 25.2 Å². The minimum absolute atomic E-state index is 0.0255. The Bertz CT molecular complexity index is 1420. The number of halogens is 1. The fraction of sp³-hybridized carbons (Fsp3) is 0.370. The number of likely N-dealkylation sites (tertiary alicyclic amines) is 1. The minimum atomic E-state index is -0.505. The van der Waals surface area contributed by atoms with Crippen LogP contribution in [0.3, 0.4) is 0 Å². The molecule has 198 valence electrons. The van der Waals surface area contributed by atoms with Crippen molar-refractivity contribution in [3.63, 3.8) is 0 Å². The number of methoxy groups -OCH3 is 1. The van der Waals surface area contributed by atoms with Crippen LogP contribution in [-0.4, -0.2) is 96.8 Å². The van der Waals surface area contributed by atoms with Crippen LogP contribution in [0.15, 0.2) is 47.0 Å². The van der Waals surface area contributed by atoms with Crippen molar-refractivity contribution in [3.8, 4) is 28.5 Å². The average Bonchev–Trinajstić information content (AvgIpc) is 3.56. The molecular weight excluding hydrogens is 493 g/mol. The number of hydrogen-bond donors (Lipinski definition) is 1. The first-order valence-corrected chi connectivity index (χ1v) is 12.6. The molecule has 1 N–H and O–H groups in total. The predicted molar refractivity (Wildman–Crippen MR) is 136 cm³/mol. The molecular formula is C27H28FN5O5. The maximum atomic E-state index is 14.6. The zero-order chi connectivity index (χ0) is 26.1. The minimum Gasteiger partial charge on any atom is -0.488 e. The number of carbonyl (C=O) groups excluding carboxylic acids is 1. The number of hydrogen-bond acceptors (Lipinski definition) is 8. The highest BCUT2D eigenvalue weighted by Gasteiger charge is 2.35. The van der Waals surface area contributed by atoms with Crippen molar-refractivity contribution in [2.45, 2.75) is 6.04 Å². The average molecular weight is 522 g/mol.